The molecule has 1 fully saturated rings. The Morgan fingerprint density at radius 3 is 3.05 bits per heavy atom. The fourth-order valence-electron chi connectivity index (χ4n) is 2.30. The van der Waals surface area contributed by atoms with Crippen molar-refractivity contribution in [1.29, 1.82) is 0 Å². The maximum absolute atomic E-state index is 12.3. The molecule has 3 rings (SSSR count). The van der Waals surface area contributed by atoms with Crippen molar-refractivity contribution < 1.29 is 9.53 Å². The Labute approximate surface area is 122 Å². The van der Waals surface area contributed by atoms with Crippen molar-refractivity contribution >= 4 is 11.6 Å². The number of ether oxygens (including phenoxy) is 1. The highest BCUT2D eigenvalue weighted by molar-refractivity contribution is 5.98. The minimum absolute atomic E-state index is 0.227. The van der Waals surface area contributed by atoms with Crippen molar-refractivity contribution in [2.24, 2.45) is 12.8 Å². The van der Waals surface area contributed by atoms with Crippen LogP contribution in [0.15, 0.2) is 30.6 Å². The molecule has 0 bridgehead atoms. The summed E-state index contributed by atoms with van der Waals surface area (Å²) >= 11 is 0. The second-order valence-corrected chi connectivity index (χ2v) is 5.26. The van der Waals surface area contributed by atoms with Gasteiger partial charge in [0.1, 0.15) is 11.9 Å². The Balaban J connectivity index is 1.81. The van der Waals surface area contributed by atoms with Crippen LogP contribution < -0.4 is 11.1 Å². The molecule has 0 aliphatic carbocycles. The molecule has 1 aliphatic rings. The van der Waals surface area contributed by atoms with Gasteiger partial charge in [0.25, 0.3) is 0 Å². The molecular formula is C14H17N5O2. The predicted molar refractivity (Wildman–Crippen MR) is 77.4 cm³/mol. The van der Waals surface area contributed by atoms with Crippen LogP contribution in [0.1, 0.15) is 6.42 Å². The first-order valence-electron chi connectivity index (χ1n) is 6.71. The van der Waals surface area contributed by atoms with Crippen molar-refractivity contribution in [2.45, 2.75) is 12.0 Å². The summed E-state index contributed by atoms with van der Waals surface area (Å²) in [5, 5.41) is 10.7. The molecule has 2 aromatic rings. The highest BCUT2D eigenvalue weighted by atomic mass is 16.5. The maximum Gasteiger partial charge on any atom is 0.246 e. The number of benzene rings is 1. The molecule has 1 aromatic carbocycles. The first kappa shape index (κ1) is 13.7. The third-order valence-corrected chi connectivity index (χ3v) is 3.59. The molecule has 1 unspecified atom stereocenters. The van der Waals surface area contributed by atoms with Crippen molar-refractivity contribution in [1.82, 2.24) is 14.8 Å². The summed E-state index contributed by atoms with van der Waals surface area (Å²) in [5.41, 5.74) is 6.65. The van der Waals surface area contributed by atoms with E-state index >= 15 is 0 Å². The molecule has 2 heterocycles. The number of anilines is 1. The largest absolute Gasteiger partial charge is 0.379 e. The average molecular weight is 287 g/mol. The number of aryl methyl sites for hydroxylation is 1. The summed E-state index contributed by atoms with van der Waals surface area (Å²) in [6, 6.07) is 7.43. The zero-order chi connectivity index (χ0) is 14.9. The van der Waals surface area contributed by atoms with Crippen molar-refractivity contribution in [3.63, 3.8) is 0 Å². The van der Waals surface area contributed by atoms with Gasteiger partial charge in [-0.1, -0.05) is 12.1 Å². The maximum atomic E-state index is 12.3. The molecule has 1 aliphatic heterocycles. The summed E-state index contributed by atoms with van der Waals surface area (Å²) in [4.78, 5) is 12.3. The van der Waals surface area contributed by atoms with E-state index in [9.17, 15) is 4.79 Å². The molecule has 1 atom stereocenters. The molecule has 1 amide bonds. The molecule has 21 heavy (non-hydrogen) atoms. The third-order valence-electron chi connectivity index (χ3n) is 3.59. The highest BCUT2D eigenvalue weighted by Crippen LogP contribution is 2.22. The van der Waals surface area contributed by atoms with Gasteiger partial charge in [-0.25, -0.2) is 0 Å². The summed E-state index contributed by atoms with van der Waals surface area (Å²) in [7, 11) is 1.87. The van der Waals surface area contributed by atoms with Gasteiger partial charge >= 0.3 is 0 Å². The van der Waals surface area contributed by atoms with Crippen LogP contribution in [0, 0.1) is 0 Å². The monoisotopic (exact) mass is 287 g/mol. The van der Waals surface area contributed by atoms with Gasteiger partial charge < -0.3 is 20.4 Å². The Morgan fingerprint density at radius 2 is 2.38 bits per heavy atom. The van der Waals surface area contributed by atoms with E-state index in [4.69, 9.17) is 10.5 Å². The molecule has 0 radical (unpaired) electrons. The van der Waals surface area contributed by atoms with Gasteiger partial charge in [-0.15, -0.1) is 10.2 Å². The van der Waals surface area contributed by atoms with Crippen molar-refractivity contribution in [3.05, 3.63) is 30.6 Å². The number of carbonyl (C=O) groups is 1. The first-order valence-corrected chi connectivity index (χ1v) is 6.71. The van der Waals surface area contributed by atoms with Crippen LogP contribution in [-0.4, -0.2) is 39.4 Å². The lowest BCUT2D eigenvalue weighted by molar-refractivity contribution is -0.121. The molecule has 0 saturated carbocycles. The van der Waals surface area contributed by atoms with E-state index in [0.29, 0.717) is 18.7 Å². The van der Waals surface area contributed by atoms with Gasteiger partial charge in [0, 0.05) is 24.9 Å². The van der Waals surface area contributed by atoms with Crippen LogP contribution in [0.2, 0.25) is 0 Å². The zero-order valence-corrected chi connectivity index (χ0v) is 11.7. The average Bonchev–Trinajstić information content (AvgIpc) is 3.09. The van der Waals surface area contributed by atoms with E-state index in [0.717, 1.165) is 11.4 Å². The molecular weight excluding hydrogens is 270 g/mol. The van der Waals surface area contributed by atoms with Gasteiger partial charge in [0.15, 0.2) is 5.82 Å². The number of aromatic nitrogens is 3. The normalized spacial score (nSPS) is 21.4. The van der Waals surface area contributed by atoms with Gasteiger partial charge in [-0.2, -0.15) is 0 Å². The molecule has 7 heteroatoms. The van der Waals surface area contributed by atoms with Gasteiger partial charge in [0.2, 0.25) is 5.91 Å². The van der Waals surface area contributed by atoms with Crippen LogP contribution in [0.25, 0.3) is 11.4 Å². The quantitative estimate of drug-likeness (QED) is 0.859. The predicted octanol–water partition coefficient (Wildman–Crippen LogP) is 0.538. The molecule has 1 aromatic heterocycles. The van der Waals surface area contributed by atoms with E-state index in [1.165, 1.54) is 0 Å². The summed E-state index contributed by atoms with van der Waals surface area (Å²) in [5.74, 6) is 0.507. The second kappa shape index (κ2) is 5.27. The van der Waals surface area contributed by atoms with Crippen molar-refractivity contribution in [3.8, 4) is 11.4 Å². The molecule has 3 N–H and O–H groups in total. The van der Waals surface area contributed by atoms with Crippen LogP contribution in [0.5, 0.6) is 0 Å². The molecule has 1 saturated heterocycles. The summed E-state index contributed by atoms with van der Waals surface area (Å²) in [6.07, 6.45) is 2.16. The lowest BCUT2D eigenvalue weighted by Crippen LogP contribution is -2.51. The van der Waals surface area contributed by atoms with Crippen LogP contribution in [-0.2, 0) is 16.6 Å². The van der Waals surface area contributed by atoms with Gasteiger partial charge in [0.05, 0.1) is 6.61 Å². The molecule has 7 nitrogen and oxygen atoms in total. The Bertz CT molecular complexity index is 661. The number of nitrogens with one attached hydrogen (secondary N) is 1. The summed E-state index contributed by atoms with van der Waals surface area (Å²) in [6.45, 7) is 0.769. The number of nitrogens with two attached hydrogens (primary N) is 1. The standard InChI is InChI=1S/C14H17N5O2/c1-19-9-16-18-12(19)10-3-2-4-11(7-10)17-13(20)14(15)5-6-21-8-14/h2-4,7,9H,5-6,8,15H2,1H3,(H,17,20). The van der Waals surface area contributed by atoms with Gasteiger partial charge in [-0.05, 0) is 18.6 Å². The fourth-order valence-corrected chi connectivity index (χ4v) is 2.30. The SMILES string of the molecule is Cn1cnnc1-c1cccc(NC(=O)C2(N)CCOC2)c1. The van der Waals surface area contributed by atoms with E-state index in [2.05, 4.69) is 15.5 Å². The number of carbonyl (C=O) groups excluding carboxylic acids is 1. The topological polar surface area (TPSA) is 95.1 Å². The minimum atomic E-state index is -0.944. The lowest BCUT2D eigenvalue weighted by Gasteiger charge is -2.20. The molecule has 0 spiro atoms. The van der Waals surface area contributed by atoms with Crippen LogP contribution >= 0.6 is 0 Å². The number of hydrogen-bond acceptors (Lipinski definition) is 5. The third kappa shape index (κ3) is 2.65. The summed E-state index contributed by atoms with van der Waals surface area (Å²) < 4.78 is 7.03. The van der Waals surface area contributed by atoms with Crippen LogP contribution in [0.4, 0.5) is 5.69 Å². The van der Waals surface area contributed by atoms with E-state index in [-0.39, 0.29) is 12.5 Å². The van der Waals surface area contributed by atoms with E-state index in [1.807, 2.05) is 35.9 Å². The zero-order valence-electron chi connectivity index (χ0n) is 11.7. The van der Waals surface area contributed by atoms with E-state index in [1.54, 1.807) is 6.33 Å². The smallest absolute Gasteiger partial charge is 0.246 e. The fraction of sp³-hybridized carbons (Fsp3) is 0.357. The Morgan fingerprint density at radius 1 is 1.52 bits per heavy atom. The number of amides is 1. The van der Waals surface area contributed by atoms with E-state index < -0.39 is 5.54 Å². The molecule has 110 valence electrons. The first-order chi connectivity index (χ1) is 10.1. The Kier molecular flexibility index (Phi) is 3.44. The number of hydrogen-bond donors (Lipinski definition) is 2. The Hall–Kier alpha value is -2.25. The van der Waals surface area contributed by atoms with Crippen molar-refractivity contribution in [2.75, 3.05) is 18.5 Å². The van der Waals surface area contributed by atoms with Crippen LogP contribution in [0.3, 0.4) is 0 Å². The number of rotatable bonds is 3. The highest BCUT2D eigenvalue weighted by Gasteiger charge is 2.38. The van der Waals surface area contributed by atoms with Gasteiger partial charge in [-0.3, -0.25) is 4.79 Å². The minimum Gasteiger partial charge on any atom is -0.379 e. The second-order valence-electron chi connectivity index (χ2n) is 5.26. The lowest BCUT2D eigenvalue weighted by atomic mass is 9.99. The number of nitrogens with zero attached hydrogens (tertiary/aromatic N) is 3.